The molecule has 1 saturated heterocycles. The van der Waals surface area contributed by atoms with Crippen LogP contribution in [0.25, 0.3) is 11.4 Å². The Hall–Kier alpha value is -1.89. The highest BCUT2D eigenvalue weighted by Crippen LogP contribution is 2.25. The molecule has 1 aliphatic heterocycles. The van der Waals surface area contributed by atoms with Gasteiger partial charge in [0, 0.05) is 32.3 Å². The molecular formula is C11H16N6O. The van der Waals surface area contributed by atoms with Crippen molar-refractivity contribution >= 4 is 5.82 Å². The zero-order chi connectivity index (χ0) is 12.5. The number of nitrogens with two attached hydrogens (primary N) is 1. The van der Waals surface area contributed by atoms with Crippen LogP contribution < -0.4 is 5.73 Å². The maximum atomic E-state index is 5.91. The van der Waals surface area contributed by atoms with Gasteiger partial charge in [-0.15, -0.1) is 5.10 Å². The van der Waals surface area contributed by atoms with Gasteiger partial charge in [-0.05, 0) is 12.5 Å². The quantitative estimate of drug-likeness (QED) is 0.844. The summed E-state index contributed by atoms with van der Waals surface area (Å²) in [5.41, 5.74) is 7.67. The highest BCUT2D eigenvalue weighted by Gasteiger charge is 2.21. The van der Waals surface area contributed by atoms with Crippen LogP contribution in [-0.4, -0.2) is 38.0 Å². The minimum atomic E-state index is 0.442. The van der Waals surface area contributed by atoms with E-state index in [1.807, 2.05) is 17.8 Å². The highest BCUT2D eigenvalue weighted by atomic mass is 16.5. The molecule has 0 aliphatic carbocycles. The van der Waals surface area contributed by atoms with Crippen molar-refractivity contribution in [3.63, 3.8) is 0 Å². The van der Waals surface area contributed by atoms with Crippen molar-refractivity contribution < 1.29 is 4.74 Å². The van der Waals surface area contributed by atoms with Crippen LogP contribution in [0.1, 0.15) is 6.42 Å². The Kier molecular flexibility index (Phi) is 2.75. The molecule has 1 unspecified atom stereocenters. The molecule has 0 spiro atoms. The van der Waals surface area contributed by atoms with E-state index in [4.69, 9.17) is 10.5 Å². The summed E-state index contributed by atoms with van der Waals surface area (Å²) in [4.78, 5) is 0. The van der Waals surface area contributed by atoms with E-state index in [9.17, 15) is 0 Å². The molecule has 0 bridgehead atoms. The summed E-state index contributed by atoms with van der Waals surface area (Å²) >= 11 is 0. The maximum absolute atomic E-state index is 5.91. The number of hydrogen-bond acceptors (Lipinski definition) is 5. The van der Waals surface area contributed by atoms with Crippen molar-refractivity contribution in [2.75, 3.05) is 18.9 Å². The zero-order valence-corrected chi connectivity index (χ0v) is 10.3. The van der Waals surface area contributed by atoms with Gasteiger partial charge < -0.3 is 10.5 Å². The van der Waals surface area contributed by atoms with E-state index >= 15 is 0 Å². The van der Waals surface area contributed by atoms with Gasteiger partial charge in [0.15, 0.2) is 5.82 Å². The second kappa shape index (κ2) is 4.41. The van der Waals surface area contributed by atoms with E-state index in [1.54, 1.807) is 10.9 Å². The first-order valence-electron chi connectivity index (χ1n) is 6.01. The van der Waals surface area contributed by atoms with Gasteiger partial charge in [-0.3, -0.25) is 4.68 Å². The number of aryl methyl sites for hydroxylation is 1. The first kappa shape index (κ1) is 11.2. The van der Waals surface area contributed by atoms with Gasteiger partial charge in [-0.2, -0.15) is 5.10 Å². The summed E-state index contributed by atoms with van der Waals surface area (Å²) in [5, 5.41) is 12.2. The average Bonchev–Trinajstić information content (AvgIpc) is 3.04. The number of nitrogens with zero attached hydrogens (tertiary/aromatic N) is 5. The molecule has 7 heteroatoms. The van der Waals surface area contributed by atoms with E-state index < -0.39 is 0 Å². The largest absolute Gasteiger partial charge is 0.381 e. The SMILES string of the molecule is Cn1nccc1-c1c(N)nnn1CC1CCOC1. The summed E-state index contributed by atoms with van der Waals surface area (Å²) in [6.07, 6.45) is 2.80. The van der Waals surface area contributed by atoms with Crippen molar-refractivity contribution in [2.45, 2.75) is 13.0 Å². The summed E-state index contributed by atoms with van der Waals surface area (Å²) in [6.45, 7) is 2.39. The molecular weight excluding hydrogens is 232 g/mol. The topological polar surface area (TPSA) is 83.8 Å². The van der Waals surface area contributed by atoms with Crippen molar-refractivity contribution in [1.29, 1.82) is 0 Å². The smallest absolute Gasteiger partial charge is 0.175 e. The molecule has 18 heavy (non-hydrogen) atoms. The van der Waals surface area contributed by atoms with Gasteiger partial charge >= 0.3 is 0 Å². The van der Waals surface area contributed by atoms with E-state index in [-0.39, 0.29) is 0 Å². The van der Waals surface area contributed by atoms with Gasteiger partial charge in [-0.25, -0.2) is 4.68 Å². The zero-order valence-electron chi connectivity index (χ0n) is 10.3. The third-order valence-electron chi connectivity index (χ3n) is 3.28. The van der Waals surface area contributed by atoms with Crippen molar-refractivity contribution in [2.24, 2.45) is 13.0 Å². The van der Waals surface area contributed by atoms with E-state index in [0.29, 0.717) is 11.7 Å². The predicted octanol–water partition coefficient (Wildman–Crippen LogP) is 0.297. The van der Waals surface area contributed by atoms with Crippen LogP contribution in [0.4, 0.5) is 5.82 Å². The van der Waals surface area contributed by atoms with Crippen LogP contribution in [-0.2, 0) is 18.3 Å². The first-order valence-corrected chi connectivity index (χ1v) is 6.01. The summed E-state index contributed by atoms with van der Waals surface area (Å²) in [7, 11) is 1.88. The molecule has 1 atom stereocenters. The standard InChI is InChI=1S/C11H16N6O/c1-16-9(2-4-13-16)10-11(12)14-15-17(10)6-8-3-5-18-7-8/h2,4,8H,3,5-7,12H2,1H3. The normalized spacial score (nSPS) is 19.5. The summed E-state index contributed by atoms with van der Waals surface area (Å²) < 4.78 is 9.01. The molecule has 96 valence electrons. The Morgan fingerprint density at radius 2 is 2.44 bits per heavy atom. The fourth-order valence-electron chi connectivity index (χ4n) is 2.30. The third-order valence-corrected chi connectivity index (χ3v) is 3.28. The Balaban J connectivity index is 1.93. The number of hydrogen-bond donors (Lipinski definition) is 1. The van der Waals surface area contributed by atoms with Gasteiger partial charge in [0.05, 0.1) is 12.3 Å². The second-order valence-electron chi connectivity index (χ2n) is 4.58. The molecule has 3 rings (SSSR count). The molecule has 3 heterocycles. The molecule has 1 fully saturated rings. The molecule has 0 amide bonds. The molecule has 7 nitrogen and oxygen atoms in total. The number of ether oxygens (including phenoxy) is 1. The minimum Gasteiger partial charge on any atom is -0.381 e. The number of anilines is 1. The first-order chi connectivity index (χ1) is 8.75. The lowest BCUT2D eigenvalue weighted by molar-refractivity contribution is 0.181. The lowest BCUT2D eigenvalue weighted by Gasteiger charge is -2.10. The van der Waals surface area contributed by atoms with Gasteiger partial charge in [0.2, 0.25) is 0 Å². The Labute approximate surface area is 105 Å². The van der Waals surface area contributed by atoms with Crippen molar-refractivity contribution in [3.8, 4) is 11.4 Å². The lowest BCUT2D eigenvalue weighted by Crippen LogP contribution is -2.14. The van der Waals surface area contributed by atoms with Crippen LogP contribution in [0.3, 0.4) is 0 Å². The van der Waals surface area contributed by atoms with Crippen LogP contribution in [0.2, 0.25) is 0 Å². The molecule has 0 radical (unpaired) electrons. The highest BCUT2D eigenvalue weighted by molar-refractivity contribution is 5.66. The third kappa shape index (κ3) is 1.86. The van der Waals surface area contributed by atoms with Gasteiger partial charge in [0.25, 0.3) is 0 Å². The predicted molar refractivity (Wildman–Crippen MR) is 65.6 cm³/mol. The summed E-state index contributed by atoms with van der Waals surface area (Å²) in [5.74, 6) is 0.926. The average molecular weight is 248 g/mol. The maximum Gasteiger partial charge on any atom is 0.175 e. The van der Waals surface area contributed by atoms with Gasteiger partial charge in [-0.1, -0.05) is 5.21 Å². The number of nitrogen functional groups attached to an aromatic ring is 1. The minimum absolute atomic E-state index is 0.442. The monoisotopic (exact) mass is 248 g/mol. The Morgan fingerprint density at radius 1 is 1.56 bits per heavy atom. The molecule has 0 saturated carbocycles. The Morgan fingerprint density at radius 3 is 3.11 bits per heavy atom. The van der Waals surface area contributed by atoms with Crippen molar-refractivity contribution in [3.05, 3.63) is 12.3 Å². The van der Waals surface area contributed by atoms with Gasteiger partial charge in [0.1, 0.15) is 5.69 Å². The second-order valence-corrected chi connectivity index (χ2v) is 4.58. The van der Waals surface area contributed by atoms with E-state index in [0.717, 1.165) is 37.6 Å². The van der Waals surface area contributed by atoms with Crippen LogP contribution in [0.5, 0.6) is 0 Å². The molecule has 2 aromatic rings. The van der Waals surface area contributed by atoms with E-state index in [2.05, 4.69) is 15.4 Å². The fourth-order valence-corrected chi connectivity index (χ4v) is 2.30. The van der Waals surface area contributed by atoms with E-state index in [1.165, 1.54) is 0 Å². The van der Waals surface area contributed by atoms with Crippen LogP contribution in [0, 0.1) is 5.92 Å². The molecule has 0 aromatic carbocycles. The van der Waals surface area contributed by atoms with Crippen LogP contribution in [0.15, 0.2) is 12.3 Å². The number of rotatable bonds is 3. The number of aromatic nitrogens is 5. The Bertz CT molecular complexity index is 539. The molecule has 2 aromatic heterocycles. The fraction of sp³-hybridized carbons (Fsp3) is 0.545. The molecule has 2 N–H and O–H groups in total. The lowest BCUT2D eigenvalue weighted by atomic mass is 10.1. The van der Waals surface area contributed by atoms with Crippen LogP contribution >= 0.6 is 0 Å². The molecule has 1 aliphatic rings. The van der Waals surface area contributed by atoms with Crippen molar-refractivity contribution in [1.82, 2.24) is 24.8 Å². The summed E-state index contributed by atoms with van der Waals surface area (Å²) in [6, 6.07) is 1.91.